The molecule has 1 heterocycles. The van der Waals surface area contributed by atoms with Crippen LogP contribution in [0, 0.1) is 12.7 Å². The lowest BCUT2D eigenvalue weighted by atomic mass is 10.2. The maximum Gasteiger partial charge on any atom is 0.287 e. The van der Waals surface area contributed by atoms with Gasteiger partial charge in [0.1, 0.15) is 11.4 Å². The van der Waals surface area contributed by atoms with Gasteiger partial charge in [0.25, 0.3) is 5.91 Å². The van der Waals surface area contributed by atoms with E-state index in [4.69, 9.17) is 4.42 Å². The molecule has 0 radical (unpaired) electrons. The number of halogens is 1. The average molecular weight is 283 g/mol. The molecule has 4 heteroatoms. The summed E-state index contributed by atoms with van der Waals surface area (Å²) in [5.41, 5.74) is 2.61. The van der Waals surface area contributed by atoms with Gasteiger partial charge in [-0.1, -0.05) is 24.3 Å². The average Bonchev–Trinajstić information content (AvgIpc) is 2.89. The zero-order valence-electron chi connectivity index (χ0n) is 11.5. The van der Waals surface area contributed by atoms with Gasteiger partial charge in [0, 0.05) is 11.9 Å². The first-order valence-corrected chi connectivity index (χ1v) is 6.65. The molecule has 1 amide bonds. The van der Waals surface area contributed by atoms with Crippen LogP contribution in [0.4, 0.5) is 4.39 Å². The zero-order chi connectivity index (χ0) is 14.8. The lowest BCUT2D eigenvalue weighted by molar-refractivity contribution is 0.0925. The molecule has 0 aliphatic rings. The van der Waals surface area contributed by atoms with Crippen LogP contribution in [0.15, 0.2) is 52.9 Å². The minimum atomic E-state index is -0.294. The van der Waals surface area contributed by atoms with Crippen LogP contribution in [0.2, 0.25) is 0 Å². The third-order valence-electron chi connectivity index (χ3n) is 3.27. The van der Waals surface area contributed by atoms with Crippen LogP contribution in [-0.4, -0.2) is 5.91 Å². The van der Waals surface area contributed by atoms with Crippen molar-refractivity contribution in [1.82, 2.24) is 5.32 Å². The molecule has 0 unspecified atom stereocenters. The van der Waals surface area contributed by atoms with Gasteiger partial charge in [0.15, 0.2) is 5.76 Å². The summed E-state index contributed by atoms with van der Waals surface area (Å²) in [5, 5.41) is 3.65. The lowest BCUT2D eigenvalue weighted by Gasteiger charge is -2.03. The Labute approximate surface area is 121 Å². The van der Waals surface area contributed by atoms with Gasteiger partial charge < -0.3 is 9.73 Å². The minimum absolute atomic E-state index is 0.276. The number of aryl methyl sites for hydroxylation is 1. The lowest BCUT2D eigenvalue weighted by Crippen LogP contribution is -2.22. The molecule has 3 rings (SSSR count). The van der Waals surface area contributed by atoms with E-state index in [1.54, 1.807) is 18.2 Å². The van der Waals surface area contributed by atoms with Crippen molar-refractivity contribution in [3.05, 3.63) is 71.2 Å². The van der Waals surface area contributed by atoms with Gasteiger partial charge in [-0.3, -0.25) is 4.79 Å². The Morgan fingerprint density at radius 1 is 1.14 bits per heavy atom. The van der Waals surface area contributed by atoms with Crippen LogP contribution in [0.1, 0.15) is 21.7 Å². The molecule has 0 aliphatic heterocycles. The van der Waals surface area contributed by atoms with Crippen LogP contribution in [0.5, 0.6) is 0 Å². The first-order valence-electron chi connectivity index (χ1n) is 6.65. The number of amides is 1. The Balaban J connectivity index is 1.73. The van der Waals surface area contributed by atoms with E-state index in [-0.39, 0.29) is 17.5 Å². The molecule has 106 valence electrons. The number of fused-ring (bicyclic) bond motifs is 1. The number of furan rings is 1. The number of hydrogen-bond donors (Lipinski definition) is 1. The summed E-state index contributed by atoms with van der Waals surface area (Å²) < 4.78 is 18.3. The topological polar surface area (TPSA) is 42.2 Å². The summed E-state index contributed by atoms with van der Waals surface area (Å²) in [7, 11) is 0. The van der Waals surface area contributed by atoms with Gasteiger partial charge in [-0.15, -0.1) is 0 Å². The summed E-state index contributed by atoms with van der Waals surface area (Å²) in [5.74, 6) is -0.302. The third-order valence-corrected chi connectivity index (χ3v) is 3.27. The third kappa shape index (κ3) is 2.94. The monoisotopic (exact) mass is 283 g/mol. The largest absolute Gasteiger partial charge is 0.451 e. The van der Waals surface area contributed by atoms with Crippen molar-refractivity contribution < 1.29 is 13.6 Å². The normalized spacial score (nSPS) is 10.8. The molecule has 3 aromatic rings. The molecule has 2 aromatic carbocycles. The van der Waals surface area contributed by atoms with Crippen molar-refractivity contribution in [3.8, 4) is 0 Å². The van der Waals surface area contributed by atoms with Crippen LogP contribution >= 0.6 is 0 Å². The maximum atomic E-state index is 12.8. The highest BCUT2D eigenvalue weighted by Crippen LogP contribution is 2.20. The molecule has 0 saturated heterocycles. The summed E-state index contributed by atoms with van der Waals surface area (Å²) in [6.45, 7) is 2.30. The molecule has 1 N–H and O–H groups in total. The molecule has 1 aromatic heterocycles. The first-order chi connectivity index (χ1) is 10.1. The summed E-state index contributed by atoms with van der Waals surface area (Å²) in [4.78, 5) is 12.1. The number of carbonyl (C=O) groups excluding carboxylic acids is 1. The van der Waals surface area contributed by atoms with Crippen molar-refractivity contribution in [2.75, 3.05) is 0 Å². The van der Waals surface area contributed by atoms with Crippen molar-refractivity contribution in [1.29, 1.82) is 0 Å². The second-order valence-corrected chi connectivity index (χ2v) is 4.96. The molecule has 0 atom stereocenters. The molecule has 0 saturated carbocycles. The molecule has 0 bridgehead atoms. The highest BCUT2D eigenvalue weighted by atomic mass is 19.1. The van der Waals surface area contributed by atoms with E-state index in [1.165, 1.54) is 12.1 Å². The smallest absolute Gasteiger partial charge is 0.287 e. The molecule has 21 heavy (non-hydrogen) atoms. The minimum Gasteiger partial charge on any atom is -0.451 e. The van der Waals surface area contributed by atoms with Gasteiger partial charge in [0.2, 0.25) is 0 Å². The van der Waals surface area contributed by atoms with Crippen LogP contribution in [-0.2, 0) is 6.54 Å². The quantitative estimate of drug-likeness (QED) is 0.794. The molecular formula is C17H14FNO2. The number of benzene rings is 2. The Hall–Kier alpha value is -2.62. The van der Waals surface area contributed by atoms with Crippen molar-refractivity contribution >= 4 is 16.9 Å². The summed E-state index contributed by atoms with van der Waals surface area (Å²) in [6, 6.07) is 13.5. The van der Waals surface area contributed by atoms with Gasteiger partial charge in [-0.05, 0) is 42.3 Å². The SMILES string of the molecule is Cc1ccc2cc(C(=O)NCc3ccc(F)cc3)oc2c1. The molecular weight excluding hydrogens is 269 g/mol. The number of rotatable bonds is 3. The predicted octanol–water partition coefficient (Wildman–Crippen LogP) is 3.81. The van der Waals surface area contributed by atoms with Crippen LogP contribution in [0.3, 0.4) is 0 Å². The van der Waals surface area contributed by atoms with E-state index in [0.29, 0.717) is 12.1 Å². The summed E-state index contributed by atoms with van der Waals surface area (Å²) >= 11 is 0. The highest BCUT2D eigenvalue weighted by molar-refractivity contribution is 5.96. The highest BCUT2D eigenvalue weighted by Gasteiger charge is 2.11. The summed E-state index contributed by atoms with van der Waals surface area (Å²) in [6.07, 6.45) is 0. The standard InChI is InChI=1S/C17H14FNO2/c1-11-2-5-13-9-16(21-15(13)8-11)17(20)19-10-12-3-6-14(18)7-4-12/h2-9H,10H2,1H3,(H,19,20). The van der Waals surface area contributed by atoms with Crippen molar-refractivity contribution in [3.63, 3.8) is 0 Å². The van der Waals surface area contributed by atoms with E-state index < -0.39 is 0 Å². The second kappa shape index (κ2) is 5.40. The van der Waals surface area contributed by atoms with Gasteiger partial charge in [0.05, 0.1) is 0 Å². The van der Waals surface area contributed by atoms with E-state index in [9.17, 15) is 9.18 Å². The van der Waals surface area contributed by atoms with Gasteiger partial charge >= 0.3 is 0 Å². The fourth-order valence-corrected chi connectivity index (χ4v) is 2.12. The molecule has 3 nitrogen and oxygen atoms in total. The second-order valence-electron chi connectivity index (χ2n) is 4.96. The van der Waals surface area contributed by atoms with E-state index in [1.807, 2.05) is 25.1 Å². The fourth-order valence-electron chi connectivity index (χ4n) is 2.12. The molecule has 0 spiro atoms. The first kappa shape index (κ1) is 13.4. The number of hydrogen-bond acceptors (Lipinski definition) is 2. The molecule has 0 aliphatic carbocycles. The van der Waals surface area contributed by atoms with Crippen LogP contribution < -0.4 is 5.32 Å². The van der Waals surface area contributed by atoms with E-state index in [0.717, 1.165) is 16.5 Å². The van der Waals surface area contributed by atoms with Gasteiger partial charge in [-0.25, -0.2) is 4.39 Å². The van der Waals surface area contributed by atoms with Crippen molar-refractivity contribution in [2.24, 2.45) is 0 Å². The molecule has 0 fully saturated rings. The Morgan fingerprint density at radius 3 is 2.67 bits per heavy atom. The fraction of sp³-hybridized carbons (Fsp3) is 0.118. The maximum absolute atomic E-state index is 12.8. The number of carbonyl (C=O) groups is 1. The van der Waals surface area contributed by atoms with Crippen molar-refractivity contribution in [2.45, 2.75) is 13.5 Å². The zero-order valence-corrected chi connectivity index (χ0v) is 11.5. The van der Waals surface area contributed by atoms with Crippen LogP contribution in [0.25, 0.3) is 11.0 Å². The van der Waals surface area contributed by atoms with E-state index in [2.05, 4.69) is 5.32 Å². The Kier molecular flexibility index (Phi) is 3.44. The van der Waals surface area contributed by atoms with Gasteiger partial charge in [-0.2, -0.15) is 0 Å². The van der Waals surface area contributed by atoms with E-state index >= 15 is 0 Å². The Bertz CT molecular complexity index is 790. The predicted molar refractivity (Wildman–Crippen MR) is 78.5 cm³/mol. The Morgan fingerprint density at radius 2 is 1.90 bits per heavy atom. The number of nitrogens with one attached hydrogen (secondary N) is 1.